The third-order valence-corrected chi connectivity index (χ3v) is 5.48. The summed E-state index contributed by atoms with van der Waals surface area (Å²) in [5.41, 5.74) is 1.88. The van der Waals surface area contributed by atoms with Gasteiger partial charge in [-0.15, -0.1) is 5.10 Å². The van der Waals surface area contributed by atoms with E-state index in [1.54, 1.807) is 0 Å². The Morgan fingerprint density at radius 3 is 2.60 bits per heavy atom. The first-order valence-electron chi connectivity index (χ1n) is 8.57. The zero-order valence-electron chi connectivity index (χ0n) is 14.8. The van der Waals surface area contributed by atoms with Gasteiger partial charge in [0, 0.05) is 25.5 Å². The van der Waals surface area contributed by atoms with Gasteiger partial charge >= 0.3 is 0 Å². The fourth-order valence-corrected chi connectivity index (χ4v) is 3.80. The van der Waals surface area contributed by atoms with Crippen LogP contribution in [0.3, 0.4) is 0 Å². The second-order valence-electron chi connectivity index (χ2n) is 6.53. The van der Waals surface area contributed by atoms with E-state index >= 15 is 0 Å². The Labute approximate surface area is 152 Å². The number of hydrogen-bond donors (Lipinski definition) is 1. The number of amides is 1. The molecule has 1 N–H and O–H groups in total. The maximum atomic E-state index is 12.5. The number of nitrogens with one attached hydrogen (secondary N) is 1. The minimum Gasteiger partial charge on any atom is -0.378 e. The molecule has 1 amide bonds. The van der Waals surface area contributed by atoms with Crippen LogP contribution >= 0.6 is 11.8 Å². The molecule has 0 radical (unpaired) electrons. The number of benzene rings is 1. The lowest BCUT2D eigenvalue weighted by molar-refractivity contribution is -0.115. The van der Waals surface area contributed by atoms with Gasteiger partial charge in [-0.3, -0.25) is 4.79 Å². The molecule has 3 rings (SSSR count). The van der Waals surface area contributed by atoms with Gasteiger partial charge in [-0.25, -0.2) is 4.68 Å². The highest BCUT2D eigenvalue weighted by atomic mass is 32.2. The van der Waals surface area contributed by atoms with Crippen LogP contribution in [0.15, 0.2) is 29.4 Å². The van der Waals surface area contributed by atoms with Crippen LogP contribution in [0.1, 0.15) is 38.6 Å². The lowest BCUT2D eigenvalue weighted by atomic mass is 10.2. The molecule has 0 bridgehead atoms. The summed E-state index contributed by atoms with van der Waals surface area (Å²) in [7, 11) is 3.97. The number of thioether (sulfide) groups is 1. The van der Waals surface area contributed by atoms with Gasteiger partial charge in [-0.2, -0.15) is 0 Å². The molecule has 1 aliphatic rings. The molecule has 0 saturated heterocycles. The molecule has 134 valence electrons. The van der Waals surface area contributed by atoms with Crippen LogP contribution in [-0.4, -0.2) is 45.5 Å². The molecule has 1 aromatic heterocycles. The molecule has 1 atom stereocenters. The van der Waals surface area contributed by atoms with Crippen LogP contribution in [0.25, 0.3) is 0 Å². The average Bonchev–Trinajstić information content (AvgIpc) is 3.26. The van der Waals surface area contributed by atoms with E-state index in [4.69, 9.17) is 0 Å². The van der Waals surface area contributed by atoms with Crippen molar-refractivity contribution in [3.05, 3.63) is 24.3 Å². The zero-order chi connectivity index (χ0) is 17.8. The summed E-state index contributed by atoms with van der Waals surface area (Å²) >= 11 is 1.41. The number of nitrogens with zero attached hydrogens (tertiary/aromatic N) is 5. The van der Waals surface area contributed by atoms with Crippen LogP contribution in [0, 0.1) is 0 Å². The molecule has 7 nitrogen and oxygen atoms in total. The Hall–Kier alpha value is -2.09. The number of rotatable bonds is 6. The molecular formula is C17H24N6OS. The van der Waals surface area contributed by atoms with Crippen molar-refractivity contribution in [2.24, 2.45) is 0 Å². The predicted octanol–water partition coefficient (Wildman–Crippen LogP) is 2.97. The largest absolute Gasteiger partial charge is 0.378 e. The van der Waals surface area contributed by atoms with Crippen LogP contribution in [0.2, 0.25) is 0 Å². The molecule has 1 saturated carbocycles. The van der Waals surface area contributed by atoms with Crippen molar-refractivity contribution >= 4 is 29.0 Å². The van der Waals surface area contributed by atoms with Gasteiger partial charge in [0.2, 0.25) is 11.1 Å². The molecule has 2 aromatic rings. The molecular weight excluding hydrogens is 336 g/mol. The molecule has 1 heterocycles. The zero-order valence-corrected chi connectivity index (χ0v) is 15.7. The van der Waals surface area contributed by atoms with E-state index in [1.165, 1.54) is 24.6 Å². The quantitative estimate of drug-likeness (QED) is 0.798. The summed E-state index contributed by atoms with van der Waals surface area (Å²) in [6.45, 7) is 1.88. The Kier molecular flexibility index (Phi) is 5.57. The number of hydrogen-bond acceptors (Lipinski definition) is 6. The molecule has 0 spiro atoms. The second-order valence-corrected chi connectivity index (χ2v) is 7.84. The first kappa shape index (κ1) is 17.7. The Bertz CT molecular complexity index is 708. The summed E-state index contributed by atoms with van der Waals surface area (Å²) in [4.78, 5) is 14.5. The Balaban J connectivity index is 1.60. The van der Waals surface area contributed by atoms with E-state index in [-0.39, 0.29) is 11.2 Å². The van der Waals surface area contributed by atoms with E-state index in [1.807, 2.05) is 54.9 Å². The highest BCUT2D eigenvalue weighted by Crippen LogP contribution is 2.32. The molecule has 8 heteroatoms. The van der Waals surface area contributed by atoms with Gasteiger partial charge in [0.15, 0.2) is 0 Å². The topological polar surface area (TPSA) is 75.9 Å². The fourth-order valence-electron chi connectivity index (χ4n) is 2.94. The number of tetrazole rings is 1. The lowest BCUT2D eigenvalue weighted by Crippen LogP contribution is -2.23. The molecule has 1 fully saturated rings. The van der Waals surface area contributed by atoms with Gasteiger partial charge in [0.25, 0.3) is 0 Å². The SMILES string of the molecule is CC(Sc1nnnn1C1CCCC1)C(=O)Nc1ccc(N(C)C)cc1. The molecule has 1 unspecified atom stereocenters. The summed E-state index contributed by atoms with van der Waals surface area (Å²) in [6.07, 6.45) is 4.65. The first-order chi connectivity index (χ1) is 12.0. The highest BCUT2D eigenvalue weighted by molar-refractivity contribution is 8.00. The summed E-state index contributed by atoms with van der Waals surface area (Å²) in [5, 5.41) is 15.4. The monoisotopic (exact) mass is 360 g/mol. The van der Waals surface area contributed by atoms with Gasteiger partial charge in [0.05, 0.1) is 11.3 Å². The van der Waals surface area contributed by atoms with Crippen molar-refractivity contribution in [1.29, 1.82) is 0 Å². The maximum Gasteiger partial charge on any atom is 0.237 e. The number of carbonyl (C=O) groups excluding carboxylic acids is 1. The Morgan fingerprint density at radius 1 is 1.28 bits per heavy atom. The van der Waals surface area contributed by atoms with Gasteiger partial charge in [-0.05, 0) is 54.5 Å². The van der Waals surface area contributed by atoms with Crippen LogP contribution in [0.5, 0.6) is 0 Å². The van der Waals surface area contributed by atoms with E-state index in [9.17, 15) is 4.79 Å². The van der Waals surface area contributed by atoms with E-state index in [0.29, 0.717) is 6.04 Å². The van der Waals surface area contributed by atoms with Crippen molar-refractivity contribution in [3.63, 3.8) is 0 Å². The highest BCUT2D eigenvalue weighted by Gasteiger charge is 2.24. The average molecular weight is 360 g/mol. The van der Waals surface area contributed by atoms with Crippen molar-refractivity contribution < 1.29 is 4.79 Å². The Morgan fingerprint density at radius 2 is 1.96 bits per heavy atom. The number of aromatic nitrogens is 4. The summed E-state index contributed by atoms with van der Waals surface area (Å²) < 4.78 is 1.88. The van der Waals surface area contributed by atoms with E-state index < -0.39 is 0 Å². The van der Waals surface area contributed by atoms with Crippen LogP contribution in [0.4, 0.5) is 11.4 Å². The van der Waals surface area contributed by atoms with E-state index in [0.717, 1.165) is 29.4 Å². The third kappa shape index (κ3) is 4.31. The number of carbonyl (C=O) groups is 1. The second kappa shape index (κ2) is 7.86. The van der Waals surface area contributed by atoms with Gasteiger partial charge < -0.3 is 10.2 Å². The molecule has 0 aliphatic heterocycles. The number of anilines is 2. The minimum atomic E-state index is -0.278. The minimum absolute atomic E-state index is 0.0522. The summed E-state index contributed by atoms with van der Waals surface area (Å²) in [5.74, 6) is -0.0522. The van der Waals surface area contributed by atoms with E-state index in [2.05, 4.69) is 20.8 Å². The molecule has 1 aromatic carbocycles. The molecule has 1 aliphatic carbocycles. The maximum absolute atomic E-state index is 12.5. The van der Waals surface area contributed by atoms with Crippen molar-refractivity contribution in [2.75, 3.05) is 24.3 Å². The molecule has 25 heavy (non-hydrogen) atoms. The van der Waals surface area contributed by atoms with Crippen LogP contribution in [-0.2, 0) is 4.79 Å². The van der Waals surface area contributed by atoms with Crippen molar-refractivity contribution in [2.45, 2.75) is 49.1 Å². The lowest BCUT2D eigenvalue weighted by Gasteiger charge is -2.15. The first-order valence-corrected chi connectivity index (χ1v) is 9.45. The smallest absolute Gasteiger partial charge is 0.237 e. The van der Waals surface area contributed by atoms with Gasteiger partial charge in [0.1, 0.15) is 0 Å². The predicted molar refractivity (Wildman–Crippen MR) is 100 cm³/mol. The van der Waals surface area contributed by atoms with Gasteiger partial charge in [-0.1, -0.05) is 24.6 Å². The normalized spacial score (nSPS) is 16.0. The summed E-state index contributed by atoms with van der Waals surface area (Å²) in [6, 6.07) is 8.15. The standard InChI is InChI=1S/C17H24N6OS/c1-12(16(24)18-13-8-10-14(11-9-13)22(2)3)25-17-19-20-21-23(17)15-6-4-5-7-15/h8-12,15H,4-7H2,1-3H3,(H,18,24). The third-order valence-electron chi connectivity index (χ3n) is 4.44. The van der Waals surface area contributed by atoms with Crippen molar-refractivity contribution in [1.82, 2.24) is 20.2 Å². The van der Waals surface area contributed by atoms with Crippen molar-refractivity contribution in [3.8, 4) is 0 Å². The van der Waals surface area contributed by atoms with Crippen LogP contribution < -0.4 is 10.2 Å². The fraction of sp³-hybridized carbons (Fsp3) is 0.529.